The van der Waals surface area contributed by atoms with E-state index in [-0.39, 0.29) is 6.42 Å². The highest BCUT2D eigenvalue weighted by Gasteiger charge is 2.20. The molecule has 0 aliphatic carbocycles. The second kappa shape index (κ2) is 5.92. The predicted octanol–water partition coefficient (Wildman–Crippen LogP) is 2.82. The number of nitrogens with zero attached hydrogens (tertiary/aromatic N) is 1. The van der Waals surface area contributed by atoms with Gasteiger partial charge in [0.25, 0.3) is 0 Å². The molecular formula is C16H20N2O2. The number of carboxylic acid groups (broad SMARTS) is 1. The zero-order chi connectivity index (χ0) is 14.6. The molecule has 1 aromatic heterocycles. The van der Waals surface area contributed by atoms with E-state index in [1.807, 2.05) is 42.9 Å². The van der Waals surface area contributed by atoms with Crippen LogP contribution in [0.1, 0.15) is 25.8 Å². The molecule has 0 fully saturated rings. The largest absolute Gasteiger partial charge is 0.481 e. The smallest absolute Gasteiger partial charge is 0.305 e. The summed E-state index contributed by atoms with van der Waals surface area (Å²) in [5.41, 5.74) is 1.84. The molecule has 0 aliphatic rings. The number of aliphatic carboxylic acids is 1. The van der Waals surface area contributed by atoms with Crippen molar-refractivity contribution in [2.75, 3.05) is 0 Å². The number of rotatable bonds is 6. The van der Waals surface area contributed by atoms with Crippen LogP contribution < -0.4 is 5.32 Å². The Kier molecular flexibility index (Phi) is 4.25. The van der Waals surface area contributed by atoms with E-state index in [1.54, 1.807) is 0 Å². The molecule has 0 aliphatic heterocycles. The van der Waals surface area contributed by atoms with Gasteiger partial charge < -0.3 is 15.0 Å². The number of benzene rings is 1. The SMILES string of the molecule is CC(C)(CC(=O)O)NCc1ccc(-n2cccc2)cc1. The Bertz CT molecular complexity index is 557. The third-order valence-electron chi connectivity index (χ3n) is 3.20. The van der Waals surface area contributed by atoms with Crippen LogP contribution in [0.3, 0.4) is 0 Å². The van der Waals surface area contributed by atoms with Gasteiger partial charge in [-0.25, -0.2) is 0 Å². The number of aromatic nitrogens is 1. The predicted molar refractivity (Wildman–Crippen MR) is 78.9 cm³/mol. The van der Waals surface area contributed by atoms with E-state index in [1.165, 1.54) is 0 Å². The van der Waals surface area contributed by atoms with Gasteiger partial charge in [-0.05, 0) is 43.7 Å². The molecule has 0 unspecified atom stereocenters. The van der Waals surface area contributed by atoms with Gasteiger partial charge in [0.15, 0.2) is 0 Å². The van der Waals surface area contributed by atoms with Gasteiger partial charge in [0.2, 0.25) is 0 Å². The molecule has 0 bridgehead atoms. The first kappa shape index (κ1) is 14.3. The molecule has 0 saturated heterocycles. The van der Waals surface area contributed by atoms with Crippen LogP contribution in [0, 0.1) is 0 Å². The molecule has 2 rings (SSSR count). The Morgan fingerprint density at radius 2 is 1.80 bits per heavy atom. The lowest BCUT2D eigenvalue weighted by atomic mass is 10.0. The maximum absolute atomic E-state index is 10.8. The Hall–Kier alpha value is -2.07. The topological polar surface area (TPSA) is 54.3 Å². The average molecular weight is 272 g/mol. The van der Waals surface area contributed by atoms with Gasteiger partial charge in [0, 0.05) is 30.2 Å². The highest BCUT2D eigenvalue weighted by atomic mass is 16.4. The first-order chi connectivity index (χ1) is 9.46. The lowest BCUT2D eigenvalue weighted by Gasteiger charge is -2.24. The molecule has 4 heteroatoms. The van der Waals surface area contributed by atoms with Gasteiger partial charge in [-0.3, -0.25) is 4.79 Å². The molecule has 1 heterocycles. The molecule has 0 spiro atoms. The van der Waals surface area contributed by atoms with Crippen molar-refractivity contribution < 1.29 is 9.90 Å². The Morgan fingerprint density at radius 3 is 2.35 bits per heavy atom. The second-order valence-corrected chi connectivity index (χ2v) is 5.56. The fourth-order valence-corrected chi connectivity index (χ4v) is 2.07. The maximum Gasteiger partial charge on any atom is 0.305 e. The molecule has 0 atom stereocenters. The van der Waals surface area contributed by atoms with Crippen LogP contribution >= 0.6 is 0 Å². The van der Waals surface area contributed by atoms with Crippen molar-refractivity contribution in [1.82, 2.24) is 9.88 Å². The molecule has 4 nitrogen and oxygen atoms in total. The lowest BCUT2D eigenvalue weighted by Crippen LogP contribution is -2.40. The van der Waals surface area contributed by atoms with E-state index in [2.05, 4.69) is 29.6 Å². The molecule has 0 radical (unpaired) electrons. The third kappa shape index (κ3) is 3.96. The number of carboxylic acids is 1. The fraction of sp³-hybridized carbons (Fsp3) is 0.312. The zero-order valence-electron chi connectivity index (χ0n) is 11.8. The molecule has 0 saturated carbocycles. The van der Waals surface area contributed by atoms with Crippen LogP contribution in [0.25, 0.3) is 5.69 Å². The number of hydrogen-bond donors (Lipinski definition) is 2. The minimum atomic E-state index is -0.787. The summed E-state index contributed by atoms with van der Waals surface area (Å²) in [7, 11) is 0. The number of hydrogen-bond acceptors (Lipinski definition) is 2. The van der Waals surface area contributed by atoms with Gasteiger partial charge in [0.1, 0.15) is 0 Å². The van der Waals surface area contributed by atoms with Crippen LogP contribution in [0.4, 0.5) is 0 Å². The van der Waals surface area contributed by atoms with Crippen molar-refractivity contribution in [1.29, 1.82) is 0 Å². The van der Waals surface area contributed by atoms with Crippen molar-refractivity contribution in [3.63, 3.8) is 0 Å². The maximum atomic E-state index is 10.8. The van der Waals surface area contributed by atoms with Gasteiger partial charge in [-0.15, -0.1) is 0 Å². The van der Waals surface area contributed by atoms with E-state index in [0.29, 0.717) is 6.54 Å². The van der Waals surface area contributed by atoms with Crippen molar-refractivity contribution in [2.24, 2.45) is 0 Å². The molecular weight excluding hydrogens is 252 g/mol. The summed E-state index contributed by atoms with van der Waals surface area (Å²) in [6.07, 6.45) is 4.11. The second-order valence-electron chi connectivity index (χ2n) is 5.56. The summed E-state index contributed by atoms with van der Waals surface area (Å²) in [6, 6.07) is 12.2. The monoisotopic (exact) mass is 272 g/mol. The molecule has 20 heavy (non-hydrogen) atoms. The van der Waals surface area contributed by atoms with Gasteiger partial charge in [-0.2, -0.15) is 0 Å². The van der Waals surface area contributed by atoms with Gasteiger partial charge in [0.05, 0.1) is 6.42 Å². The fourth-order valence-electron chi connectivity index (χ4n) is 2.07. The standard InChI is InChI=1S/C16H20N2O2/c1-16(2,11-15(19)20)17-12-13-5-7-14(8-6-13)18-9-3-4-10-18/h3-10,17H,11-12H2,1-2H3,(H,19,20). The van der Waals surface area contributed by atoms with Crippen LogP contribution in [0.5, 0.6) is 0 Å². The normalized spacial score (nSPS) is 11.5. The Balaban J connectivity index is 1.96. The van der Waals surface area contributed by atoms with E-state index >= 15 is 0 Å². The highest BCUT2D eigenvalue weighted by Crippen LogP contribution is 2.13. The number of nitrogens with one attached hydrogen (secondary N) is 1. The van der Waals surface area contributed by atoms with Crippen molar-refractivity contribution in [3.8, 4) is 5.69 Å². The molecule has 2 aromatic rings. The van der Waals surface area contributed by atoms with Gasteiger partial charge in [-0.1, -0.05) is 12.1 Å². The van der Waals surface area contributed by atoms with Crippen molar-refractivity contribution in [2.45, 2.75) is 32.4 Å². The summed E-state index contributed by atoms with van der Waals surface area (Å²) in [6.45, 7) is 4.46. The van der Waals surface area contributed by atoms with Crippen LogP contribution in [0.15, 0.2) is 48.8 Å². The van der Waals surface area contributed by atoms with E-state index < -0.39 is 11.5 Å². The van der Waals surface area contributed by atoms with E-state index in [0.717, 1.165) is 11.3 Å². The summed E-state index contributed by atoms with van der Waals surface area (Å²) in [5, 5.41) is 12.1. The van der Waals surface area contributed by atoms with Crippen molar-refractivity contribution in [3.05, 3.63) is 54.4 Å². The third-order valence-corrected chi connectivity index (χ3v) is 3.20. The highest BCUT2D eigenvalue weighted by molar-refractivity contribution is 5.68. The zero-order valence-corrected chi connectivity index (χ0v) is 11.8. The lowest BCUT2D eigenvalue weighted by molar-refractivity contribution is -0.138. The number of carbonyl (C=O) groups is 1. The summed E-state index contributed by atoms with van der Waals surface area (Å²) >= 11 is 0. The summed E-state index contributed by atoms with van der Waals surface area (Å²) in [5.74, 6) is -0.787. The molecule has 2 N–H and O–H groups in total. The summed E-state index contributed by atoms with van der Waals surface area (Å²) in [4.78, 5) is 10.8. The first-order valence-electron chi connectivity index (χ1n) is 6.65. The Morgan fingerprint density at radius 1 is 1.20 bits per heavy atom. The molecule has 0 amide bonds. The van der Waals surface area contributed by atoms with Crippen LogP contribution in [-0.2, 0) is 11.3 Å². The average Bonchev–Trinajstić information content (AvgIpc) is 2.89. The minimum absolute atomic E-state index is 0.106. The van der Waals surface area contributed by atoms with Crippen molar-refractivity contribution >= 4 is 5.97 Å². The molecule has 106 valence electrons. The van der Waals surface area contributed by atoms with Crippen LogP contribution in [-0.4, -0.2) is 21.2 Å². The van der Waals surface area contributed by atoms with E-state index in [4.69, 9.17) is 5.11 Å². The van der Waals surface area contributed by atoms with Gasteiger partial charge >= 0.3 is 5.97 Å². The van der Waals surface area contributed by atoms with E-state index in [9.17, 15) is 4.79 Å². The minimum Gasteiger partial charge on any atom is -0.481 e. The first-order valence-corrected chi connectivity index (χ1v) is 6.65. The van der Waals surface area contributed by atoms with Crippen LogP contribution in [0.2, 0.25) is 0 Å². The quantitative estimate of drug-likeness (QED) is 0.850. The Labute approximate surface area is 119 Å². The molecule has 1 aromatic carbocycles. The summed E-state index contributed by atoms with van der Waals surface area (Å²) < 4.78 is 2.05.